The zero-order chi connectivity index (χ0) is 52.5. The van der Waals surface area contributed by atoms with Crippen LogP contribution in [0, 0.1) is 0 Å². The number of hydrogen-bond donors (Lipinski definition) is 2. The lowest BCUT2D eigenvalue weighted by molar-refractivity contribution is 0.431. The third-order valence-corrected chi connectivity index (χ3v) is 15.5. The van der Waals surface area contributed by atoms with Gasteiger partial charge in [0.15, 0.2) is 0 Å². The Morgan fingerprint density at radius 2 is 1.15 bits per heavy atom. The van der Waals surface area contributed by atoms with E-state index >= 15 is 0 Å². The molecule has 2 aromatic heterocycles. The second-order valence-corrected chi connectivity index (χ2v) is 20.5. The molecular weight excluding hydrogens is 877 g/mol. The molecule has 0 spiro atoms. The zero-order valence-electron chi connectivity index (χ0n) is 45.1. The molecule has 17 rings (SSSR count). The lowest BCUT2D eigenvalue weighted by Crippen LogP contribution is -2.51. The van der Waals surface area contributed by atoms with Gasteiger partial charge in [0.2, 0.25) is 0 Å². The summed E-state index contributed by atoms with van der Waals surface area (Å²) in [5, 5.41) is 9.91. The van der Waals surface area contributed by atoms with Gasteiger partial charge in [-0.05, 0) is 127 Å². The van der Waals surface area contributed by atoms with E-state index in [0.717, 1.165) is 50.2 Å². The average molecular weight is 934 g/mol. The topological polar surface area (TPSA) is 51.1 Å². The molecule has 9 aromatic carbocycles. The van der Waals surface area contributed by atoms with Gasteiger partial charge in [-0.3, -0.25) is 4.57 Å². The fourth-order valence-corrected chi connectivity index (χ4v) is 12.4. The van der Waals surface area contributed by atoms with Gasteiger partial charge in [0, 0.05) is 52.5 Å². The molecule has 0 saturated heterocycles. The normalized spacial score (nSPS) is 19.1. The number of nitrogens with one attached hydrogen (secondary N) is 2. The smallest absolute Gasteiger partial charge is 0.137 e. The van der Waals surface area contributed by atoms with Crippen LogP contribution in [-0.4, -0.2) is 9.55 Å². The zero-order valence-corrected chi connectivity index (χ0v) is 40.1. The summed E-state index contributed by atoms with van der Waals surface area (Å²) in [6, 6.07) is 67.2. The van der Waals surface area contributed by atoms with Gasteiger partial charge in [-0.2, -0.15) is 0 Å². The van der Waals surface area contributed by atoms with E-state index in [1.165, 1.54) is 44.5 Å². The number of rotatable bonds is 8. The summed E-state index contributed by atoms with van der Waals surface area (Å²) >= 11 is 0. The number of anilines is 3. The molecular formula is C67H52N4O. The first-order chi connectivity index (χ1) is 37.4. The van der Waals surface area contributed by atoms with Crippen molar-refractivity contribution >= 4 is 38.9 Å². The van der Waals surface area contributed by atoms with E-state index in [9.17, 15) is 0 Å². The Labute approximate surface area is 427 Å². The number of pyridine rings is 1. The van der Waals surface area contributed by atoms with Crippen molar-refractivity contribution in [1.29, 1.82) is 0 Å². The van der Waals surface area contributed by atoms with Gasteiger partial charge in [0.05, 0.1) is 34.8 Å². The lowest BCUT2D eigenvalue weighted by Gasteiger charge is -2.56. The molecule has 72 heavy (non-hydrogen) atoms. The highest BCUT2D eigenvalue weighted by molar-refractivity contribution is 6.10. The highest BCUT2D eigenvalue weighted by atomic mass is 16.5. The van der Waals surface area contributed by atoms with Gasteiger partial charge in [0.1, 0.15) is 17.3 Å². The minimum atomic E-state index is -0.684. The highest BCUT2D eigenvalue weighted by Gasteiger charge is 2.57. The summed E-state index contributed by atoms with van der Waals surface area (Å²) in [6.07, 6.45) is 1.84. The molecule has 0 radical (unpaired) electrons. The summed E-state index contributed by atoms with van der Waals surface area (Å²) in [5.41, 5.74) is 16.3. The van der Waals surface area contributed by atoms with Crippen LogP contribution in [-0.2, 0) is 11.0 Å². The fraction of sp³-hybridized carbons (Fsp3) is 0.119. The predicted molar refractivity (Wildman–Crippen MR) is 295 cm³/mol. The van der Waals surface area contributed by atoms with Crippen LogP contribution in [0.25, 0.3) is 38.8 Å². The Kier molecular flexibility index (Phi) is 8.36. The molecule has 0 amide bonds. The second kappa shape index (κ2) is 16.2. The largest absolute Gasteiger partial charge is 0.457 e. The number of ether oxygens (including phenoxy) is 1. The van der Waals surface area contributed by atoms with Gasteiger partial charge in [0.25, 0.3) is 0 Å². The Morgan fingerprint density at radius 3 is 1.86 bits per heavy atom. The summed E-state index contributed by atoms with van der Waals surface area (Å²) in [5.74, 6) is 2.25. The molecule has 346 valence electrons. The monoisotopic (exact) mass is 933 g/mol. The van der Waals surface area contributed by atoms with E-state index in [0.29, 0.717) is 17.1 Å². The van der Waals surface area contributed by atoms with Gasteiger partial charge >= 0.3 is 0 Å². The number of aromatic nitrogens is 2. The number of benzene rings is 9. The van der Waals surface area contributed by atoms with Crippen molar-refractivity contribution in [3.05, 3.63) is 281 Å². The number of nitrogens with zero attached hydrogens (tertiary/aromatic N) is 2. The third kappa shape index (κ3) is 6.50. The molecule has 11 aromatic rings. The first-order valence-electron chi connectivity index (χ1n) is 27.3. The molecule has 0 fully saturated rings. The maximum atomic E-state index is 8.77. The van der Waals surface area contributed by atoms with Crippen LogP contribution in [0.5, 0.6) is 11.5 Å². The van der Waals surface area contributed by atoms with Gasteiger partial charge in [-0.25, -0.2) is 4.98 Å². The minimum absolute atomic E-state index is 0.0432. The average Bonchev–Trinajstić information content (AvgIpc) is 3.69. The van der Waals surface area contributed by atoms with Gasteiger partial charge < -0.3 is 15.4 Å². The molecule has 0 saturated carbocycles. The van der Waals surface area contributed by atoms with Gasteiger partial charge in [-0.1, -0.05) is 172 Å². The highest BCUT2D eigenvalue weighted by Crippen LogP contribution is 2.66. The summed E-state index contributed by atoms with van der Waals surface area (Å²) in [6.45, 7) is 6.53. The Balaban J connectivity index is 0.854. The van der Waals surface area contributed by atoms with Crippen molar-refractivity contribution in [2.24, 2.45) is 0 Å². The van der Waals surface area contributed by atoms with Crippen molar-refractivity contribution in [2.45, 2.75) is 49.5 Å². The van der Waals surface area contributed by atoms with Crippen LogP contribution in [0.1, 0.15) is 95.4 Å². The van der Waals surface area contributed by atoms with E-state index in [1.54, 1.807) is 0 Å². The standard InChI is InChI=1S/C67H52N4O/c1-66(2,3)44-36-37-68-62(39-44)71-60-35-32-43(42-18-5-4-6-19-42)38-55(60)48-34-33-47(41-61(48)71)72-46-21-17-20-45(40-46)69-58-30-15-16-31-59(58)70-67-56-28-13-11-26-53(56)64(54-27-12-14-29-57(54)67)63-49-22-7-9-24-51(49)65(67)52-25-10-8-23-50(52)63/h4-41,63-65,69-70H,1-3H3/i4D,5D,6D,18D,19D. The molecule has 0 unspecified atom stereocenters. The fourth-order valence-electron chi connectivity index (χ4n) is 12.4. The summed E-state index contributed by atoms with van der Waals surface area (Å²) in [4.78, 5) is 4.90. The van der Waals surface area contributed by atoms with Crippen LogP contribution in [0.15, 0.2) is 231 Å². The molecule has 0 atom stereocenters. The van der Waals surface area contributed by atoms with Crippen molar-refractivity contribution in [3.63, 3.8) is 0 Å². The first kappa shape index (κ1) is 37.2. The second-order valence-electron chi connectivity index (χ2n) is 20.5. The molecule has 0 aliphatic heterocycles. The van der Waals surface area contributed by atoms with Crippen LogP contribution < -0.4 is 15.4 Å². The van der Waals surface area contributed by atoms with Crippen molar-refractivity contribution < 1.29 is 11.6 Å². The van der Waals surface area contributed by atoms with Crippen LogP contribution >= 0.6 is 0 Å². The quantitative estimate of drug-likeness (QED) is 0.159. The molecule has 5 nitrogen and oxygen atoms in total. The van der Waals surface area contributed by atoms with E-state index in [4.69, 9.17) is 16.6 Å². The van der Waals surface area contributed by atoms with Crippen molar-refractivity contribution in [1.82, 2.24) is 9.55 Å². The Morgan fingerprint density at radius 1 is 0.528 bits per heavy atom. The molecule has 2 N–H and O–H groups in total. The van der Waals surface area contributed by atoms with Crippen LogP contribution in [0.2, 0.25) is 0 Å². The van der Waals surface area contributed by atoms with E-state index in [-0.39, 0.29) is 52.9 Å². The summed E-state index contributed by atoms with van der Waals surface area (Å²) in [7, 11) is 0. The number of fused-ring (bicyclic) bond motifs is 3. The molecule has 6 aliphatic carbocycles. The predicted octanol–water partition coefficient (Wildman–Crippen LogP) is 16.8. The molecule has 5 heteroatoms. The molecule has 2 heterocycles. The SMILES string of the molecule is [2H]c1c([2H])c([2H])c(-c2ccc3c(c2)c2ccc(Oc4cccc(Nc5ccccc5NC56c7ccccc7C(c7ccccc75)C5c7ccccc7C6c6ccccc65)c4)cc2n3-c2cc(C(C)(C)C)ccn2)c([2H])c1[2H]. The van der Waals surface area contributed by atoms with E-state index in [1.807, 2.05) is 66.9 Å². The Bertz CT molecular complexity index is 4130. The lowest BCUT2D eigenvalue weighted by atomic mass is 9.50. The summed E-state index contributed by atoms with van der Waals surface area (Å²) < 4.78 is 51.4. The van der Waals surface area contributed by atoms with Crippen LogP contribution in [0.3, 0.4) is 0 Å². The van der Waals surface area contributed by atoms with E-state index < -0.39 is 11.6 Å². The number of para-hydroxylation sites is 2. The maximum Gasteiger partial charge on any atom is 0.137 e. The van der Waals surface area contributed by atoms with Crippen LogP contribution in [0.4, 0.5) is 17.1 Å². The first-order valence-corrected chi connectivity index (χ1v) is 24.8. The third-order valence-electron chi connectivity index (χ3n) is 15.5. The van der Waals surface area contributed by atoms with Gasteiger partial charge in [-0.15, -0.1) is 0 Å². The van der Waals surface area contributed by atoms with Crippen molar-refractivity contribution in [3.8, 4) is 28.4 Å². The van der Waals surface area contributed by atoms with E-state index in [2.05, 4.69) is 169 Å². The Hall–Kier alpha value is -8.67. The van der Waals surface area contributed by atoms with Crippen molar-refractivity contribution in [2.75, 3.05) is 10.6 Å². The minimum Gasteiger partial charge on any atom is -0.457 e. The number of hydrogen-bond acceptors (Lipinski definition) is 4. The molecule has 6 aliphatic rings. The molecule has 4 bridgehead atoms. The maximum absolute atomic E-state index is 8.77.